The fraction of sp³-hybridized carbons (Fsp3) is 0.526. The van der Waals surface area contributed by atoms with Crippen LogP contribution in [0.25, 0.3) is 6.08 Å². The number of likely N-dealkylation sites (tertiary alicyclic amines) is 1. The van der Waals surface area contributed by atoms with E-state index in [-0.39, 0.29) is 23.7 Å². The molecule has 1 unspecified atom stereocenters. The summed E-state index contributed by atoms with van der Waals surface area (Å²) >= 11 is 0. The fourth-order valence-electron chi connectivity index (χ4n) is 3.74. The van der Waals surface area contributed by atoms with Crippen molar-refractivity contribution in [2.75, 3.05) is 18.4 Å². The molecule has 7 nitrogen and oxygen atoms in total. The van der Waals surface area contributed by atoms with Crippen molar-refractivity contribution in [1.82, 2.24) is 15.4 Å². The van der Waals surface area contributed by atoms with Crippen molar-refractivity contribution in [3.63, 3.8) is 0 Å². The third-order valence-corrected chi connectivity index (χ3v) is 5.19. The number of pyridine rings is 1. The molecule has 1 aliphatic carbocycles. The zero-order valence-corrected chi connectivity index (χ0v) is 15.2. The van der Waals surface area contributed by atoms with E-state index in [1.807, 2.05) is 4.90 Å². The maximum atomic E-state index is 14.3. The minimum Gasteiger partial charge on any atom is -0.363 e. The van der Waals surface area contributed by atoms with Gasteiger partial charge in [-0.1, -0.05) is 19.3 Å². The summed E-state index contributed by atoms with van der Waals surface area (Å²) in [6.45, 7) is 1.25. The van der Waals surface area contributed by atoms with Crippen LogP contribution in [0.15, 0.2) is 18.3 Å². The largest absolute Gasteiger partial charge is 0.363 e. The van der Waals surface area contributed by atoms with Gasteiger partial charge in [0.2, 0.25) is 5.91 Å². The van der Waals surface area contributed by atoms with Gasteiger partial charge in [-0.15, -0.1) is 0 Å². The Balaban J connectivity index is 1.55. The summed E-state index contributed by atoms with van der Waals surface area (Å²) in [6.07, 6.45) is 10.1. The molecular weight excluding hydrogens is 351 g/mol. The zero-order chi connectivity index (χ0) is 19.2. The van der Waals surface area contributed by atoms with Gasteiger partial charge in [0.25, 0.3) is 5.91 Å². The summed E-state index contributed by atoms with van der Waals surface area (Å²) < 4.78 is 14.3. The Morgan fingerprint density at radius 1 is 1.26 bits per heavy atom. The summed E-state index contributed by atoms with van der Waals surface area (Å²) in [6, 6.07) is 1.23. The van der Waals surface area contributed by atoms with Crippen LogP contribution in [0, 0.1) is 11.7 Å². The van der Waals surface area contributed by atoms with Gasteiger partial charge in [0, 0.05) is 37.3 Å². The molecule has 1 aliphatic heterocycles. The SMILES string of the molecule is O=C(/C=C/c1cnc(NC2CCN(C(=O)C3CCCCC3)C2)c(F)c1)NO. The predicted octanol–water partition coefficient (Wildman–Crippen LogP) is 2.33. The van der Waals surface area contributed by atoms with E-state index in [2.05, 4.69) is 10.3 Å². The molecule has 2 fully saturated rings. The lowest BCUT2D eigenvalue weighted by Gasteiger charge is -2.26. The van der Waals surface area contributed by atoms with Crippen LogP contribution in [-0.2, 0) is 9.59 Å². The second-order valence-corrected chi connectivity index (χ2v) is 7.16. The molecule has 1 aromatic heterocycles. The molecule has 3 rings (SSSR count). The maximum Gasteiger partial charge on any atom is 0.267 e. The first kappa shape index (κ1) is 19.3. The van der Waals surface area contributed by atoms with Gasteiger partial charge in [-0.3, -0.25) is 14.8 Å². The van der Waals surface area contributed by atoms with Crippen LogP contribution in [-0.4, -0.2) is 46.0 Å². The molecule has 0 aromatic carbocycles. The molecule has 27 heavy (non-hydrogen) atoms. The summed E-state index contributed by atoms with van der Waals surface area (Å²) in [7, 11) is 0. The van der Waals surface area contributed by atoms with Crippen LogP contribution in [0.4, 0.5) is 10.2 Å². The minimum absolute atomic E-state index is 0.0268. The molecule has 8 heteroatoms. The standard InChI is InChI=1S/C19H25FN4O3/c20-16-10-13(6-7-17(25)23-27)11-21-18(16)22-15-8-9-24(12-15)19(26)14-4-2-1-3-5-14/h6-7,10-11,14-15,27H,1-5,8-9,12H2,(H,21,22)(H,23,25)/b7-6+. The number of aromatic nitrogens is 1. The topological polar surface area (TPSA) is 94.6 Å². The van der Waals surface area contributed by atoms with Gasteiger partial charge in [0.15, 0.2) is 11.6 Å². The molecule has 1 saturated heterocycles. The highest BCUT2D eigenvalue weighted by atomic mass is 19.1. The average Bonchev–Trinajstić information content (AvgIpc) is 3.16. The lowest BCUT2D eigenvalue weighted by Crippen LogP contribution is -2.37. The Morgan fingerprint density at radius 2 is 2.04 bits per heavy atom. The van der Waals surface area contributed by atoms with Crippen molar-refractivity contribution in [3.05, 3.63) is 29.7 Å². The van der Waals surface area contributed by atoms with E-state index in [9.17, 15) is 14.0 Å². The summed E-state index contributed by atoms with van der Waals surface area (Å²) in [5, 5.41) is 11.5. The van der Waals surface area contributed by atoms with E-state index < -0.39 is 11.7 Å². The normalized spacial score (nSPS) is 20.8. The van der Waals surface area contributed by atoms with Gasteiger partial charge in [-0.25, -0.2) is 14.9 Å². The molecule has 1 aromatic rings. The highest BCUT2D eigenvalue weighted by Crippen LogP contribution is 2.27. The van der Waals surface area contributed by atoms with Gasteiger partial charge in [0.1, 0.15) is 0 Å². The maximum absolute atomic E-state index is 14.3. The van der Waals surface area contributed by atoms with Crippen LogP contribution in [0.1, 0.15) is 44.1 Å². The van der Waals surface area contributed by atoms with E-state index in [1.54, 1.807) is 0 Å². The molecule has 0 radical (unpaired) electrons. The number of carbonyl (C=O) groups is 2. The molecule has 3 N–H and O–H groups in total. The third kappa shape index (κ3) is 5.03. The first-order chi connectivity index (χ1) is 13.1. The quantitative estimate of drug-likeness (QED) is 0.417. The van der Waals surface area contributed by atoms with Crippen LogP contribution < -0.4 is 10.8 Å². The van der Waals surface area contributed by atoms with E-state index in [1.165, 1.54) is 30.2 Å². The number of carbonyl (C=O) groups excluding carboxylic acids is 2. The Hall–Kier alpha value is -2.48. The molecular formula is C19H25FN4O3. The molecule has 2 heterocycles. The second-order valence-electron chi connectivity index (χ2n) is 7.16. The molecule has 146 valence electrons. The molecule has 2 aliphatic rings. The Morgan fingerprint density at radius 3 is 2.74 bits per heavy atom. The highest BCUT2D eigenvalue weighted by molar-refractivity contribution is 5.90. The zero-order valence-electron chi connectivity index (χ0n) is 15.2. The van der Waals surface area contributed by atoms with Gasteiger partial charge >= 0.3 is 0 Å². The molecule has 0 bridgehead atoms. The van der Waals surface area contributed by atoms with Crippen molar-refractivity contribution in [2.24, 2.45) is 5.92 Å². The number of rotatable bonds is 5. The Kier molecular flexibility index (Phi) is 6.39. The van der Waals surface area contributed by atoms with Crippen molar-refractivity contribution < 1.29 is 19.2 Å². The lowest BCUT2D eigenvalue weighted by atomic mass is 9.88. The van der Waals surface area contributed by atoms with Crippen molar-refractivity contribution in [2.45, 2.75) is 44.6 Å². The number of nitrogens with one attached hydrogen (secondary N) is 2. The molecule has 0 spiro atoms. The molecule has 2 amide bonds. The van der Waals surface area contributed by atoms with E-state index >= 15 is 0 Å². The fourth-order valence-corrected chi connectivity index (χ4v) is 3.74. The van der Waals surface area contributed by atoms with Crippen molar-refractivity contribution in [1.29, 1.82) is 0 Å². The number of hydrogen-bond acceptors (Lipinski definition) is 5. The van der Waals surface area contributed by atoms with E-state index in [0.29, 0.717) is 18.7 Å². The number of hydrogen-bond donors (Lipinski definition) is 3. The highest BCUT2D eigenvalue weighted by Gasteiger charge is 2.31. The minimum atomic E-state index is -0.703. The van der Waals surface area contributed by atoms with Crippen LogP contribution >= 0.6 is 0 Å². The second kappa shape index (κ2) is 8.94. The number of amides is 2. The monoisotopic (exact) mass is 376 g/mol. The van der Waals surface area contributed by atoms with Crippen LogP contribution in [0.5, 0.6) is 0 Å². The first-order valence-electron chi connectivity index (χ1n) is 9.40. The molecule has 1 saturated carbocycles. The summed E-state index contributed by atoms with van der Waals surface area (Å²) in [4.78, 5) is 29.5. The van der Waals surface area contributed by atoms with Crippen molar-refractivity contribution in [3.8, 4) is 0 Å². The third-order valence-electron chi connectivity index (χ3n) is 5.19. The van der Waals surface area contributed by atoms with E-state index in [4.69, 9.17) is 5.21 Å². The van der Waals surface area contributed by atoms with Crippen molar-refractivity contribution >= 4 is 23.7 Å². The Bertz CT molecular complexity index is 719. The van der Waals surface area contributed by atoms with Gasteiger partial charge in [-0.05, 0) is 37.0 Å². The Labute approximate surface area is 157 Å². The summed E-state index contributed by atoms with van der Waals surface area (Å²) in [5.41, 5.74) is 1.87. The smallest absolute Gasteiger partial charge is 0.267 e. The first-order valence-corrected chi connectivity index (χ1v) is 9.40. The van der Waals surface area contributed by atoms with Gasteiger partial charge < -0.3 is 10.2 Å². The van der Waals surface area contributed by atoms with Gasteiger partial charge in [0.05, 0.1) is 0 Å². The number of nitrogens with zero attached hydrogens (tertiary/aromatic N) is 2. The number of hydroxylamine groups is 1. The summed E-state index contributed by atoms with van der Waals surface area (Å²) in [5.74, 6) is -0.717. The average molecular weight is 376 g/mol. The number of anilines is 1. The van der Waals surface area contributed by atoms with Crippen LogP contribution in [0.2, 0.25) is 0 Å². The van der Waals surface area contributed by atoms with Gasteiger partial charge in [-0.2, -0.15) is 0 Å². The van der Waals surface area contributed by atoms with Crippen LogP contribution in [0.3, 0.4) is 0 Å². The van der Waals surface area contributed by atoms with E-state index in [0.717, 1.165) is 38.2 Å². The predicted molar refractivity (Wildman–Crippen MR) is 98.3 cm³/mol. The number of halogens is 1. The molecule has 1 atom stereocenters. The lowest BCUT2D eigenvalue weighted by molar-refractivity contribution is -0.135.